The van der Waals surface area contributed by atoms with Crippen LogP contribution in [0.2, 0.25) is 0 Å². The lowest BCUT2D eigenvalue weighted by Crippen LogP contribution is -2.64. The van der Waals surface area contributed by atoms with Crippen LogP contribution in [0.15, 0.2) is 35.7 Å². The van der Waals surface area contributed by atoms with E-state index < -0.39 is 0 Å². The molecule has 0 radical (unpaired) electrons. The third-order valence-corrected chi connectivity index (χ3v) is 2.28. The molecule has 82 valence electrons. The van der Waals surface area contributed by atoms with Crippen molar-refractivity contribution >= 4 is 17.8 Å². The minimum atomic E-state index is 0.00247. The van der Waals surface area contributed by atoms with Crippen molar-refractivity contribution in [3.8, 4) is 0 Å². The number of hydrazone groups is 1. The molecule has 0 aromatic carbocycles. The number of nitrogens with zero attached hydrogens (tertiary/aromatic N) is 3. The van der Waals surface area contributed by atoms with Gasteiger partial charge < -0.3 is 11.5 Å². The summed E-state index contributed by atoms with van der Waals surface area (Å²) in [6.07, 6.45) is 5.69. The van der Waals surface area contributed by atoms with Gasteiger partial charge in [-0.3, -0.25) is 0 Å². The van der Waals surface area contributed by atoms with E-state index in [0.717, 1.165) is 11.3 Å². The molecule has 0 saturated heterocycles. The van der Waals surface area contributed by atoms with Gasteiger partial charge in [-0.1, -0.05) is 11.2 Å². The molecule has 0 atom stereocenters. The standard InChI is InChI=1S/C10H13N6/c1-15-8(6-13-14-10(11)12)7-16-5-3-2-4-9(15)16/h2-7H,1H3,(H4,11,12,14)/q+1/p+1/b13-6-. The highest BCUT2D eigenvalue weighted by Crippen LogP contribution is 1.98. The molecule has 2 rings (SSSR count). The molecule has 0 aliphatic carbocycles. The van der Waals surface area contributed by atoms with Gasteiger partial charge in [-0.25, -0.2) is 8.97 Å². The van der Waals surface area contributed by atoms with E-state index in [1.807, 2.05) is 46.6 Å². The maximum atomic E-state index is 5.20. The van der Waals surface area contributed by atoms with E-state index in [1.165, 1.54) is 0 Å². The van der Waals surface area contributed by atoms with Crippen molar-refractivity contribution in [2.45, 2.75) is 0 Å². The predicted octanol–water partition coefficient (Wildman–Crippen LogP) is -2.55. The zero-order valence-corrected chi connectivity index (χ0v) is 8.96. The molecule has 5 N–H and O–H groups in total. The fourth-order valence-electron chi connectivity index (χ4n) is 1.51. The smallest absolute Gasteiger partial charge is 0.286 e. The SMILES string of the molecule is Cn1c(/C=[NH+]\N=C(N)N)c[n+]2ccccc12. The van der Waals surface area contributed by atoms with Crippen molar-refractivity contribution in [3.05, 3.63) is 36.3 Å². The first-order valence-electron chi connectivity index (χ1n) is 4.81. The Kier molecular flexibility index (Phi) is 2.55. The zero-order valence-electron chi connectivity index (χ0n) is 8.96. The lowest BCUT2D eigenvalue weighted by atomic mass is 10.5. The molecular weight excluding hydrogens is 204 g/mol. The topological polar surface area (TPSA) is 87.4 Å². The molecule has 6 nitrogen and oxygen atoms in total. The molecule has 2 aromatic rings. The summed E-state index contributed by atoms with van der Waals surface area (Å²) in [4.78, 5) is 0. The Morgan fingerprint density at radius 2 is 2.31 bits per heavy atom. The first-order valence-corrected chi connectivity index (χ1v) is 4.81. The van der Waals surface area contributed by atoms with Crippen molar-refractivity contribution < 1.29 is 9.50 Å². The van der Waals surface area contributed by atoms with Gasteiger partial charge in [0.15, 0.2) is 0 Å². The van der Waals surface area contributed by atoms with Gasteiger partial charge in [-0.05, 0) is 6.07 Å². The summed E-state index contributed by atoms with van der Waals surface area (Å²) in [6, 6.07) is 5.99. The summed E-state index contributed by atoms with van der Waals surface area (Å²) < 4.78 is 4.04. The maximum absolute atomic E-state index is 5.20. The van der Waals surface area contributed by atoms with Crippen LogP contribution in [0.25, 0.3) is 5.65 Å². The molecular formula is C10H14N6+2. The van der Waals surface area contributed by atoms with E-state index in [0.29, 0.717) is 0 Å². The number of aryl methyl sites for hydroxylation is 1. The number of rotatable bonds is 2. The Morgan fingerprint density at radius 3 is 3.00 bits per heavy atom. The summed E-state index contributed by atoms with van der Waals surface area (Å²) in [5, 5.41) is 6.36. The summed E-state index contributed by atoms with van der Waals surface area (Å²) >= 11 is 0. The number of hydrogen-bond donors (Lipinski definition) is 3. The molecule has 0 aliphatic heterocycles. The first kappa shape index (κ1) is 10.2. The van der Waals surface area contributed by atoms with Crippen LogP contribution in [0.5, 0.6) is 0 Å². The van der Waals surface area contributed by atoms with Gasteiger partial charge in [0.2, 0.25) is 11.9 Å². The Bertz CT molecular complexity index is 562. The van der Waals surface area contributed by atoms with E-state index >= 15 is 0 Å². The number of imidazole rings is 1. The average molecular weight is 218 g/mol. The highest BCUT2D eigenvalue weighted by molar-refractivity contribution is 5.76. The number of guanidine groups is 1. The lowest BCUT2D eigenvalue weighted by molar-refractivity contribution is -0.510. The van der Waals surface area contributed by atoms with Crippen LogP contribution in [-0.2, 0) is 7.05 Å². The minimum Gasteiger partial charge on any atom is -0.365 e. The lowest BCUT2D eigenvalue weighted by Gasteiger charge is -1.85. The van der Waals surface area contributed by atoms with E-state index in [9.17, 15) is 0 Å². The normalized spacial score (nSPS) is 11.1. The van der Waals surface area contributed by atoms with Gasteiger partial charge >= 0.3 is 0 Å². The quantitative estimate of drug-likeness (QED) is 0.224. The Hall–Kier alpha value is -2.37. The molecule has 0 fully saturated rings. The van der Waals surface area contributed by atoms with Gasteiger partial charge in [0.1, 0.15) is 6.20 Å². The summed E-state index contributed by atoms with van der Waals surface area (Å²) in [5.41, 5.74) is 12.5. The van der Waals surface area contributed by atoms with E-state index in [4.69, 9.17) is 11.5 Å². The summed E-state index contributed by atoms with van der Waals surface area (Å²) in [7, 11) is 1.97. The monoisotopic (exact) mass is 218 g/mol. The van der Waals surface area contributed by atoms with Crippen LogP contribution in [-0.4, -0.2) is 16.7 Å². The van der Waals surface area contributed by atoms with Crippen molar-refractivity contribution in [2.24, 2.45) is 23.6 Å². The van der Waals surface area contributed by atoms with Crippen LogP contribution in [0.4, 0.5) is 0 Å². The molecule has 2 heterocycles. The van der Waals surface area contributed by atoms with Crippen molar-refractivity contribution in [2.75, 3.05) is 0 Å². The van der Waals surface area contributed by atoms with Crippen LogP contribution >= 0.6 is 0 Å². The highest BCUT2D eigenvalue weighted by atomic mass is 15.3. The van der Waals surface area contributed by atoms with Crippen molar-refractivity contribution in [1.82, 2.24) is 4.57 Å². The zero-order chi connectivity index (χ0) is 11.5. The van der Waals surface area contributed by atoms with E-state index in [-0.39, 0.29) is 5.96 Å². The molecule has 2 aromatic heterocycles. The first-order chi connectivity index (χ1) is 7.68. The molecule has 0 aliphatic rings. The number of hydrogen-bond acceptors (Lipinski definition) is 1. The highest BCUT2D eigenvalue weighted by Gasteiger charge is 2.13. The van der Waals surface area contributed by atoms with Crippen molar-refractivity contribution in [1.29, 1.82) is 0 Å². The number of fused-ring (bicyclic) bond motifs is 1. The molecule has 0 amide bonds. The fourth-order valence-corrected chi connectivity index (χ4v) is 1.51. The second-order valence-electron chi connectivity index (χ2n) is 3.39. The predicted molar refractivity (Wildman–Crippen MR) is 60.5 cm³/mol. The molecule has 0 saturated carbocycles. The van der Waals surface area contributed by atoms with Gasteiger partial charge in [-0.2, -0.15) is 0 Å². The van der Waals surface area contributed by atoms with Gasteiger partial charge in [0, 0.05) is 11.2 Å². The third-order valence-electron chi connectivity index (χ3n) is 2.28. The maximum Gasteiger partial charge on any atom is 0.286 e. The van der Waals surface area contributed by atoms with Gasteiger partial charge in [0.05, 0.1) is 13.2 Å². The minimum absolute atomic E-state index is 0.00247. The number of aromatic nitrogens is 2. The third kappa shape index (κ3) is 1.85. The molecule has 0 unspecified atom stereocenters. The van der Waals surface area contributed by atoms with Crippen LogP contribution < -0.4 is 21.0 Å². The van der Waals surface area contributed by atoms with Gasteiger partial charge in [-0.15, -0.1) is 0 Å². The number of nitrogens with one attached hydrogen (secondary N) is 1. The average Bonchev–Trinajstić information content (AvgIpc) is 2.56. The second kappa shape index (κ2) is 4.01. The summed E-state index contributed by atoms with van der Waals surface area (Å²) in [5.74, 6) is 0.00247. The van der Waals surface area contributed by atoms with Crippen molar-refractivity contribution in [3.63, 3.8) is 0 Å². The van der Waals surface area contributed by atoms with E-state index in [2.05, 4.69) is 10.2 Å². The Morgan fingerprint density at radius 1 is 1.50 bits per heavy atom. The van der Waals surface area contributed by atoms with E-state index in [1.54, 1.807) is 6.21 Å². The molecule has 0 spiro atoms. The van der Waals surface area contributed by atoms with Crippen LogP contribution in [0, 0.1) is 0 Å². The summed E-state index contributed by atoms with van der Waals surface area (Å²) in [6.45, 7) is 0. The second-order valence-corrected chi connectivity index (χ2v) is 3.39. The molecule has 6 heteroatoms. The Labute approximate surface area is 92.5 Å². The van der Waals surface area contributed by atoms with Crippen LogP contribution in [0.1, 0.15) is 5.69 Å². The molecule has 16 heavy (non-hydrogen) atoms. The number of nitrogens with two attached hydrogens (primary N) is 2. The largest absolute Gasteiger partial charge is 0.365 e. The fraction of sp³-hybridized carbons (Fsp3) is 0.100. The number of pyridine rings is 1. The molecule has 0 bridgehead atoms. The Balaban J connectivity index is 2.42. The van der Waals surface area contributed by atoms with Gasteiger partial charge in [0.25, 0.3) is 11.6 Å². The van der Waals surface area contributed by atoms with Crippen LogP contribution in [0.3, 0.4) is 0 Å².